The molecule has 2 aromatic rings. The average Bonchev–Trinajstić information content (AvgIpc) is 2.53. The number of hydrogen-bond donors (Lipinski definition) is 1. The molecule has 0 bridgehead atoms. The Hall–Kier alpha value is -2.00. The Morgan fingerprint density at radius 1 is 1.05 bits per heavy atom. The van der Waals surface area contributed by atoms with Crippen LogP contribution in [0.4, 0.5) is 0 Å². The molecule has 0 unspecified atom stereocenters. The SMILES string of the molecule is Cc1ccccc1[C@H](C)NCc1cccc2c1OCCO2. The molecule has 3 heteroatoms. The van der Waals surface area contributed by atoms with Crippen molar-refractivity contribution >= 4 is 0 Å². The van der Waals surface area contributed by atoms with Crippen molar-refractivity contribution < 1.29 is 9.47 Å². The number of nitrogens with one attached hydrogen (secondary N) is 1. The maximum absolute atomic E-state index is 5.75. The van der Waals surface area contributed by atoms with Crippen LogP contribution in [0, 0.1) is 6.92 Å². The predicted octanol–water partition coefficient (Wildman–Crippen LogP) is 3.62. The number of aryl methyl sites for hydroxylation is 1. The molecule has 0 radical (unpaired) electrons. The van der Waals surface area contributed by atoms with Crippen LogP contribution in [0.1, 0.15) is 29.7 Å². The van der Waals surface area contributed by atoms with Crippen molar-refractivity contribution in [2.75, 3.05) is 13.2 Å². The van der Waals surface area contributed by atoms with Gasteiger partial charge in [0.1, 0.15) is 13.2 Å². The van der Waals surface area contributed by atoms with Gasteiger partial charge in [-0.05, 0) is 31.0 Å². The first kappa shape index (κ1) is 14.0. The van der Waals surface area contributed by atoms with E-state index in [2.05, 4.69) is 49.5 Å². The van der Waals surface area contributed by atoms with E-state index in [0.717, 1.165) is 23.6 Å². The van der Waals surface area contributed by atoms with Crippen molar-refractivity contribution in [3.05, 3.63) is 59.2 Å². The number of hydrogen-bond acceptors (Lipinski definition) is 3. The molecule has 2 aromatic carbocycles. The van der Waals surface area contributed by atoms with E-state index in [1.807, 2.05) is 12.1 Å². The molecule has 1 atom stereocenters. The van der Waals surface area contributed by atoms with Gasteiger partial charge in [-0.1, -0.05) is 36.4 Å². The summed E-state index contributed by atoms with van der Waals surface area (Å²) < 4.78 is 11.4. The summed E-state index contributed by atoms with van der Waals surface area (Å²) in [5.74, 6) is 1.73. The van der Waals surface area contributed by atoms with Crippen LogP contribution in [0.3, 0.4) is 0 Å². The predicted molar refractivity (Wildman–Crippen MR) is 83.9 cm³/mol. The summed E-state index contributed by atoms with van der Waals surface area (Å²) in [6, 6.07) is 14.8. The molecule has 0 amide bonds. The van der Waals surface area contributed by atoms with Gasteiger partial charge in [0.15, 0.2) is 11.5 Å². The van der Waals surface area contributed by atoms with Crippen LogP contribution in [0.2, 0.25) is 0 Å². The van der Waals surface area contributed by atoms with Crippen molar-refractivity contribution in [1.82, 2.24) is 5.32 Å². The number of benzene rings is 2. The number of ether oxygens (including phenoxy) is 2. The topological polar surface area (TPSA) is 30.5 Å². The fourth-order valence-corrected chi connectivity index (χ4v) is 2.72. The summed E-state index contributed by atoms with van der Waals surface area (Å²) in [5, 5.41) is 3.57. The minimum atomic E-state index is 0.298. The molecule has 0 aliphatic carbocycles. The van der Waals surface area contributed by atoms with E-state index in [0.29, 0.717) is 19.3 Å². The van der Waals surface area contributed by atoms with E-state index in [9.17, 15) is 0 Å². The molecule has 0 spiro atoms. The Morgan fingerprint density at radius 3 is 2.71 bits per heavy atom. The van der Waals surface area contributed by atoms with E-state index in [1.165, 1.54) is 11.1 Å². The summed E-state index contributed by atoms with van der Waals surface area (Å²) >= 11 is 0. The second-order valence-electron chi connectivity index (χ2n) is 5.40. The standard InChI is InChI=1S/C18H21NO2/c1-13-6-3-4-8-16(13)14(2)19-12-15-7-5-9-17-18(15)21-11-10-20-17/h3-9,14,19H,10-12H2,1-2H3/t14-/m0/s1. The van der Waals surface area contributed by atoms with Crippen LogP contribution in [-0.4, -0.2) is 13.2 Å². The van der Waals surface area contributed by atoms with Gasteiger partial charge in [-0.3, -0.25) is 0 Å². The van der Waals surface area contributed by atoms with Gasteiger partial charge in [0, 0.05) is 18.2 Å². The first-order valence-corrected chi connectivity index (χ1v) is 7.42. The van der Waals surface area contributed by atoms with Gasteiger partial charge in [0.25, 0.3) is 0 Å². The lowest BCUT2D eigenvalue weighted by Gasteiger charge is -2.22. The summed E-state index contributed by atoms with van der Waals surface area (Å²) in [7, 11) is 0. The van der Waals surface area contributed by atoms with Crippen LogP contribution in [0.25, 0.3) is 0 Å². The molecule has 0 aromatic heterocycles. The van der Waals surface area contributed by atoms with Crippen LogP contribution < -0.4 is 14.8 Å². The Labute approximate surface area is 125 Å². The summed E-state index contributed by atoms with van der Waals surface area (Å²) in [4.78, 5) is 0. The third kappa shape index (κ3) is 3.03. The van der Waals surface area contributed by atoms with Gasteiger partial charge < -0.3 is 14.8 Å². The Balaban J connectivity index is 1.72. The Kier molecular flexibility index (Phi) is 4.11. The van der Waals surface area contributed by atoms with Gasteiger partial charge in [-0.15, -0.1) is 0 Å². The van der Waals surface area contributed by atoms with Crippen LogP contribution in [-0.2, 0) is 6.54 Å². The summed E-state index contributed by atoms with van der Waals surface area (Å²) in [6.45, 7) is 6.35. The maximum atomic E-state index is 5.75. The molecular weight excluding hydrogens is 262 g/mol. The van der Waals surface area contributed by atoms with E-state index in [4.69, 9.17) is 9.47 Å². The molecule has 0 saturated carbocycles. The van der Waals surface area contributed by atoms with E-state index >= 15 is 0 Å². The minimum Gasteiger partial charge on any atom is -0.486 e. The minimum absolute atomic E-state index is 0.298. The fraction of sp³-hybridized carbons (Fsp3) is 0.333. The molecule has 0 fully saturated rings. The second-order valence-corrected chi connectivity index (χ2v) is 5.40. The highest BCUT2D eigenvalue weighted by molar-refractivity contribution is 5.47. The zero-order valence-electron chi connectivity index (χ0n) is 12.6. The number of para-hydroxylation sites is 1. The summed E-state index contributed by atoms with van der Waals surface area (Å²) in [5.41, 5.74) is 3.79. The normalized spacial score (nSPS) is 14.8. The Morgan fingerprint density at radius 2 is 1.86 bits per heavy atom. The number of fused-ring (bicyclic) bond motifs is 1. The zero-order valence-corrected chi connectivity index (χ0v) is 12.6. The first-order valence-electron chi connectivity index (χ1n) is 7.42. The monoisotopic (exact) mass is 283 g/mol. The highest BCUT2D eigenvalue weighted by atomic mass is 16.6. The van der Waals surface area contributed by atoms with E-state index in [1.54, 1.807) is 0 Å². The molecule has 1 heterocycles. The van der Waals surface area contributed by atoms with Crippen molar-refractivity contribution in [3.8, 4) is 11.5 Å². The largest absolute Gasteiger partial charge is 0.486 e. The van der Waals surface area contributed by atoms with Gasteiger partial charge in [-0.25, -0.2) is 0 Å². The molecule has 110 valence electrons. The van der Waals surface area contributed by atoms with Crippen molar-refractivity contribution in [1.29, 1.82) is 0 Å². The highest BCUT2D eigenvalue weighted by Gasteiger charge is 2.16. The maximum Gasteiger partial charge on any atom is 0.165 e. The molecule has 21 heavy (non-hydrogen) atoms. The molecule has 3 rings (SSSR count). The fourth-order valence-electron chi connectivity index (χ4n) is 2.72. The molecule has 1 N–H and O–H groups in total. The quantitative estimate of drug-likeness (QED) is 0.929. The van der Waals surface area contributed by atoms with Gasteiger partial charge in [0.2, 0.25) is 0 Å². The third-order valence-corrected chi connectivity index (χ3v) is 3.90. The van der Waals surface area contributed by atoms with Crippen LogP contribution in [0.5, 0.6) is 11.5 Å². The third-order valence-electron chi connectivity index (χ3n) is 3.90. The highest BCUT2D eigenvalue weighted by Crippen LogP contribution is 2.33. The van der Waals surface area contributed by atoms with E-state index in [-0.39, 0.29) is 0 Å². The number of rotatable bonds is 4. The molecule has 1 aliphatic heterocycles. The van der Waals surface area contributed by atoms with Gasteiger partial charge >= 0.3 is 0 Å². The van der Waals surface area contributed by atoms with Gasteiger partial charge in [0.05, 0.1) is 0 Å². The van der Waals surface area contributed by atoms with Crippen molar-refractivity contribution in [2.24, 2.45) is 0 Å². The summed E-state index contributed by atoms with van der Waals surface area (Å²) in [6.07, 6.45) is 0. The van der Waals surface area contributed by atoms with Crippen LogP contribution >= 0.6 is 0 Å². The van der Waals surface area contributed by atoms with Crippen LogP contribution in [0.15, 0.2) is 42.5 Å². The molecule has 0 saturated heterocycles. The zero-order chi connectivity index (χ0) is 14.7. The molecule has 1 aliphatic rings. The molecule has 3 nitrogen and oxygen atoms in total. The molecular formula is C18H21NO2. The Bertz CT molecular complexity index is 624. The smallest absolute Gasteiger partial charge is 0.165 e. The van der Waals surface area contributed by atoms with E-state index < -0.39 is 0 Å². The first-order chi connectivity index (χ1) is 10.3. The lowest BCUT2D eigenvalue weighted by Crippen LogP contribution is -2.21. The van der Waals surface area contributed by atoms with Crippen molar-refractivity contribution in [2.45, 2.75) is 26.4 Å². The van der Waals surface area contributed by atoms with Gasteiger partial charge in [-0.2, -0.15) is 0 Å². The lowest BCUT2D eigenvalue weighted by molar-refractivity contribution is 0.169. The van der Waals surface area contributed by atoms with Crippen molar-refractivity contribution in [3.63, 3.8) is 0 Å². The lowest BCUT2D eigenvalue weighted by atomic mass is 10.0. The second kappa shape index (κ2) is 6.19. The average molecular weight is 283 g/mol.